The van der Waals surface area contributed by atoms with Crippen molar-refractivity contribution < 1.29 is 26.4 Å². The van der Waals surface area contributed by atoms with Crippen LogP contribution in [0.1, 0.15) is 55.5 Å². The average molecular weight is 550 g/mol. The summed E-state index contributed by atoms with van der Waals surface area (Å²) in [6, 6.07) is 10.6. The van der Waals surface area contributed by atoms with Crippen LogP contribution >= 0.6 is 0 Å². The normalized spacial score (nSPS) is 22.4. The van der Waals surface area contributed by atoms with Gasteiger partial charge in [0.1, 0.15) is 0 Å². The van der Waals surface area contributed by atoms with E-state index in [2.05, 4.69) is 5.32 Å². The molecule has 9 nitrogen and oxygen atoms in total. The van der Waals surface area contributed by atoms with Crippen molar-refractivity contribution in [2.24, 2.45) is 0 Å². The van der Waals surface area contributed by atoms with Gasteiger partial charge in [0, 0.05) is 37.4 Å². The van der Waals surface area contributed by atoms with Crippen LogP contribution in [0.4, 0.5) is 5.69 Å². The SMILES string of the molecule is Cc1ccc(NC(=O)c2ccc(S(=O)(=O)N3C[C@@H](C)O[C@H](C)C3)cc2)cc1S(=O)(=O)N1CCCCCC1. The fraction of sp³-hybridized carbons (Fsp3) is 0.500. The number of rotatable bonds is 6. The summed E-state index contributed by atoms with van der Waals surface area (Å²) in [4.78, 5) is 13.2. The number of carbonyl (C=O) groups excluding carboxylic acids is 1. The van der Waals surface area contributed by atoms with Gasteiger partial charge in [-0.25, -0.2) is 16.8 Å². The van der Waals surface area contributed by atoms with E-state index in [9.17, 15) is 21.6 Å². The van der Waals surface area contributed by atoms with E-state index in [1.54, 1.807) is 19.1 Å². The zero-order valence-corrected chi connectivity index (χ0v) is 23.1. The molecule has 1 N–H and O–H groups in total. The first-order valence-corrected chi connectivity index (χ1v) is 15.5. The summed E-state index contributed by atoms with van der Waals surface area (Å²) in [7, 11) is -7.40. The molecule has 0 saturated carbocycles. The second-order valence-corrected chi connectivity index (χ2v) is 13.7. The van der Waals surface area contributed by atoms with Crippen LogP contribution in [0.15, 0.2) is 52.3 Å². The first-order chi connectivity index (χ1) is 17.5. The third-order valence-electron chi connectivity index (χ3n) is 6.77. The molecule has 2 fully saturated rings. The molecule has 11 heteroatoms. The summed E-state index contributed by atoms with van der Waals surface area (Å²) in [5.74, 6) is -0.459. The Labute approximate surface area is 219 Å². The van der Waals surface area contributed by atoms with Crippen LogP contribution < -0.4 is 5.32 Å². The number of aryl methyl sites for hydroxylation is 1. The zero-order valence-electron chi connectivity index (χ0n) is 21.5. The van der Waals surface area contributed by atoms with Gasteiger partial charge in [-0.15, -0.1) is 0 Å². The van der Waals surface area contributed by atoms with Gasteiger partial charge in [-0.3, -0.25) is 4.79 Å². The minimum Gasteiger partial charge on any atom is -0.373 e. The van der Waals surface area contributed by atoms with Crippen molar-refractivity contribution >= 4 is 31.6 Å². The van der Waals surface area contributed by atoms with Crippen LogP contribution in [0, 0.1) is 6.92 Å². The molecule has 4 rings (SSSR count). The van der Waals surface area contributed by atoms with Gasteiger partial charge < -0.3 is 10.1 Å². The fourth-order valence-corrected chi connectivity index (χ4v) is 8.19. The minimum atomic E-state index is -3.72. The summed E-state index contributed by atoms with van der Waals surface area (Å²) < 4.78 is 61.3. The lowest BCUT2D eigenvalue weighted by Crippen LogP contribution is -2.48. The Morgan fingerprint density at radius 2 is 1.43 bits per heavy atom. The summed E-state index contributed by atoms with van der Waals surface area (Å²) in [6.45, 7) is 6.94. The zero-order chi connectivity index (χ0) is 26.8. The Balaban J connectivity index is 1.50. The highest BCUT2D eigenvalue weighted by Gasteiger charge is 2.32. The summed E-state index contributed by atoms with van der Waals surface area (Å²) in [5.41, 5.74) is 1.24. The van der Waals surface area contributed by atoms with Crippen LogP contribution in [0.2, 0.25) is 0 Å². The number of ether oxygens (including phenoxy) is 1. The molecule has 2 heterocycles. The molecule has 0 aromatic heterocycles. The van der Waals surface area contributed by atoms with Crippen LogP contribution in [0.5, 0.6) is 0 Å². The topological polar surface area (TPSA) is 113 Å². The molecule has 0 spiro atoms. The first-order valence-electron chi connectivity index (χ1n) is 12.7. The van der Waals surface area contributed by atoms with Gasteiger partial charge in [-0.05, 0) is 75.6 Å². The standard InChI is InChI=1S/C26H35N3O6S2/c1-19-8-11-23(16-25(19)37(33,34)28-14-6-4-5-7-15-28)27-26(30)22-9-12-24(13-10-22)36(31,32)29-17-20(2)35-21(3)18-29/h8-13,16,20-21H,4-7,14-15,17-18H2,1-3H3,(H,27,30)/t20-,21-/m1/s1. The maximum atomic E-state index is 13.3. The Morgan fingerprint density at radius 1 is 0.838 bits per heavy atom. The molecular weight excluding hydrogens is 514 g/mol. The van der Waals surface area contributed by atoms with Gasteiger partial charge >= 0.3 is 0 Å². The largest absolute Gasteiger partial charge is 0.373 e. The number of amides is 1. The van der Waals surface area contributed by atoms with E-state index in [0.717, 1.165) is 25.7 Å². The van der Waals surface area contributed by atoms with Crippen molar-refractivity contribution in [1.82, 2.24) is 8.61 Å². The van der Waals surface area contributed by atoms with E-state index in [1.165, 1.54) is 38.9 Å². The van der Waals surface area contributed by atoms with Crippen LogP contribution in [0.3, 0.4) is 0 Å². The molecule has 37 heavy (non-hydrogen) atoms. The smallest absolute Gasteiger partial charge is 0.255 e. The van der Waals surface area contributed by atoms with Crippen molar-refractivity contribution in [2.75, 3.05) is 31.5 Å². The fourth-order valence-electron chi connectivity index (χ4n) is 4.83. The van der Waals surface area contributed by atoms with Crippen molar-refractivity contribution in [2.45, 2.75) is 68.5 Å². The van der Waals surface area contributed by atoms with E-state index < -0.39 is 26.0 Å². The number of anilines is 1. The van der Waals surface area contributed by atoms with Crippen molar-refractivity contribution in [3.63, 3.8) is 0 Å². The molecule has 0 aliphatic carbocycles. The summed E-state index contributed by atoms with van der Waals surface area (Å²) in [5, 5.41) is 2.75. The van der Waals surface area contributed by atoms with E-state index in [0.29, 0.717) is 24.3 Å². The number of benzene rings is 2. The number of hydrogen-bond donors (Lipinski definition) is 1. The molecule has 2 aliphatic heterocycles. The highest BCUT2D eigenvalue weighted by molar-refractivity contribution is 7.89. The number of hydrogen-bond acceptors (Lipinski definition) is 6. The van der Waals surface area contributed by atoms with Crippen molar-refractivity contribution in [1.29, 1.82) is 0 Å². The van der Waals surface area contributed by atoms with Crippen molar-refractivity contribution in [3.8, 4) is 0 Å². The minimum absolute atomic E-state index is 0.103. The van der Waals surface area contributed by atoms with Crippen LogP contribution in [-0.2, 0) is 24.8 Å². The summed E-state index contributed by atoms with van der Waals surface area (Å²) in [6.07, 6.45) is 3.31. The van der Waals surface area contributed by atoms with Gasteiger partial charge in [0.2, 0.25) is 20.0 Å². The van der Waals surface area contributed by atoms with Crippen LogP contribution in [-0.4, -0.2) is 69.7 Å². The van der Waals surface area contributed by atoms with E-state index >= 15 is 0 Å². The molecule has 2 aromatic carbocycles. The maximum absolute atomic E-state index is 13.3. The molecule has 2 atom stereocenters. The molecule has 2 saturated heterocycles. The first kappa shape index (κ1) is 27.7. The summed E-state index contributed by atoms with van der Waals surface area (Å²) >= 11 is 0. The van der Waals surface area contributed by atoms with Gasteiger partial charge in [-0.1, -0.05) is 18.9 Å². The second kappa shape index (κ2) is 11.2. The number of nitrogens with one attached hydrogen (secondary N) is 1. The maximum Gasteiger partial charge on any atom is 0.255 e. The van der Waals surface area contributed by atoms with Gasteiger partial charge in [-0.2, -0.15) is 8.61 Å². The number of nitrogens with zero attached hydrogens (tertiary/aromatic N) is 2. The predicted octanol–water partition coefficient (Wildman–Crippen LogP) is 3.61. The van der Waals surface area contributed by atoms with Crippen LogP contribution in [0.25, 0.3) is 0 Å². The highest BCUT2D eigenvalue weighted by atomic mass is 32.2. The monoisotopic (exact) mass is 549 g/mol. The lowest BCUT2D eigenvalue weighted by Gasteiger charge is -2.34. The van der Waals surface area contributed by atoms with Gasteiger partial charge in [0.25, 0.3) is 5.91 Å². The molecule has 0 bridgehead atoms. The number of carbonyl (C=O) groups is 1. The molecule has 1 amide bonds. The Hall–Kier alpha value is -2.31. The highest BCUT2D eigenvalue weighted by Crippen LogP contribution is 2.27. The third-order valence-corrected chi connectivity index (χ3v) is 10.7. The second-order valence-electron chi connectivity index (χ2n) is 9.86. The van der Waals surface area contributed by atoms with E-state index in [-0.39, 0.29) is 40.7 Å². The molecule has 2 aromatic rings. The third kappa shape index (κ3) is 6.23. The molecule has 0 unspecified atom stereocenters. The lowest BCUT2D eigenvalue weighted by atomic mass is 10.2. The molecule has 202 valence electrons. The van der Waals surface area contributed by atoms with Gasteiger partial charge in [0.15, 0.2) is 0 Å². The molecular formula is C26H35N3O6S2. The Bertz CT molecular complexity index is 1320. The van der Waals surface area contributed by atoms with E-state index in [4.69, 9.17) is 4.74 Å². The quantitative estimate of drug-likeness (QED) is 0.589. The predicted molar refractivity (Wildman–Crippen MR) is 142 cm³/mol. The van der Waals surface area contributed by atoms with E-state index in [1.807, 2.05) is 13.8 Å². The van der Waals surface area contributed by atoms with Crippen molar-refractivity contribution in [3.05, 3.63) is 53.6 Å². The molecule has 2 aliphatic rings. The number of sulfonamides is 2. The Morgan fingerprint density at radius 3 is 2.03 bits per heavy atom. The average Bonchev–Trinajstić information content (AvgIpc) is 3.15. The number of morpholine rings is 1. The lowest BCUT2D eigenvalue weighted by molar-refractivity contribution is -0.0440. The molecule has 0 radical (unpaired) electrons. The van der Waals surface area contributed by atoms with Gasteiger partial charge in [0.05, 0.1) is 22.0 Å². The Kier molecular flexibility index (Phi) is 8.39.